The summed E-state index contributed by atoms with van der Waals surface area (Å²) < 4.78 is 41.1. The summed E-state index contributed by atoms with van der Waals surface area (Å²) in [5.41, 5.74) is 2.10. The minimum Gasteiger partial charge on any atom is -0.309 e. The Morgan fingerprint density at radius 2 is 1.76 bits per heavy atom. The van der Waals surface area contributed by atoms with Gasteiger partial charge in [0, 0.05) is 35.2 Å². The zero-order valence-electron chi connectivity index (χ0n) is 16.0. The molecule has 154 valence electrons. The Labute approximate surface area is 178 Å². The SMILES string of the molecule is C[C@@H]1Cc2cc(Br)ccc2N1C(=O)C1CCN(S(=O)(=O)c2ccc(F)cc2)CC1. The van der Waals surface area contributed by atoms with Crippen LogP contribution in [0.4, 0.5) is 10.1 Å². The van der Waals surface area contributed by atoms with Crippen molar-refractivity contribution in [1.82, 2.24) is 4.31 Å². The third-order valence-electron chi connectivity index (χ3n) is 5.75. The molecule has 4 rings (SSSR count). The number of anilines is 1. The maximum Gasteiger partial charge on any atom is 0.243 e. The van der Waals surface area contributed by atoms with Crippen LogP contribution in [-0.4, -0.2) is 37.8 Å². The quantitative estimate of drug-likeness (QED) is 0.667. The number of piperidine rings is 1. The molecule has 0 aliphatic carbocycles. The van der Waals surface area contributed by atoms with Crippen molar-refractivity contribution in [3.05, 3.63) is 58.3 Å². The van der Waals surface area contributed by atoms with E-state index >= 15 is 0 Å². The Bertz CT molecular complexity index is 1030. The largest absolute Gasteiger partial charge is 0.309 e. The molecule has 0 radical (unpaired) electrons. The zero-order valence-corrected chi connectivity index (χ0v) is 18.4. The lowest BCUT2D eigenvalue weighted by molar-refractivity contribution is -0.123. The Hall–Kier alpha value is -1.77. The number of halogens is 2. The molecular formula is C21H22BrFN2O3S. The van der Waals surface area contributed by atoms with Gasteiger partial charge in [-0.2, -0.15) is 4.31 Å². The number of hydrogen-bond acceptors (Lipinski definition) is 3. The van der Waals surface area contributed by atoms with Gasteiger partial charge in [-0.1, -0.05) is 15.9 Å². The molecular weight excluding hydrogens is 459 g/mol. The number of hydrogen-bond donors (Lipinski definition) is 0. The maximum absolute atomic E-state index is 13.2. The first-order valence-electron chi connectivity index (χ1n) is 9.64. The molecule has 1 fully saturated rings. The van der Waals surface area contributed by atoms with Gasteiger partial charge in [0.15, 0.2) is 0 Å². The van der Waals surface area contributed by atoms with Gasteiger partial charge in [-0.25, -0.2) is 12.8 Å². The van der Waals surface area contributed by atoms with Gasteiger partial charge < -0.3 is 4.90 Å². The summed E-state index contributed by atoms with van der Waals surface area (Å²) in [5, 5.41) is 0. The molecule has 1 amide bonds. The first-order chi connectivity index (χ1) is 13.8. The van der Waals surface area contributed by atoms with Gasteiger partial charge >= 0.3 is 0 Å². The molecule has 0 N–H and O–H groups in total. The van der Waals surface area contributed by atoms with E-state index < -0.39 is 15.8 Å². The van der Waals surface area contributed by atoms with Crippen molar-refractivity contribution in [2.75, 3.05) is 18.0 Å². The van der Waals surface area contributed by atoms with Gasteiger partial charge in [0.25, 0.3) is 0 Å². The van der Waals surface area contributed by atoms with Crippen molar-refractivity contribution < 1.29 is 17.6 Å². The fourth-order valence-electron chi connectivity index (χ4n) is 4.23. The van der Waals surface area contributed by atoms with Crippen molar-refractivity contribution in [3.8, 4) is 0 Å². The average Bonchev–Trinajstić information content (AvgIpc) is 3.02. The number of amides is 1. The topological polar surface area (TPSA) is 57.7 Å². The van der Waals surface area contributed by atoms with Crippen molar-refractivity contribution in [3.63, 3.8) is 0 Å². The zero-order chi connectivity index (χ0) is 20.8. The van der Waals surface area contributed by atoms with Crippen LogP contribution < -0.4 is 4.90 Å². The van der Waals surface area contributed by atoms with Crippen LogP contribution in [0.5, 0.6) is 0 Å². The molecule has 5 nitrogen and oxygen atoms in total. The first kappa shape index (κ1) is 20.5. The number of fused-ring (bicyclic) bond motifs is 1. The third-order valence-corrected chi connectivity index (χ3v) is 8.16. The molecule has 1 atom stereocenters. The van der Waals surface area contributed by atoms with Crippen LogP contribution in [0, 0.1) is 11.7 Å². The lowest BCUT2D eigenvalue weighted by Crippen LogP contribution is -2.46. The molecule has 2 aliphatic rings. The highest BCUT2D eigenvalue weighted by Crippen LogP contribution is 2.36. The summed E-state index contributed by atoms with van der Waals surface area (Å²) in [5.74, 6) is -0.607. The second-order valence-electron chi connectivity index (χ2n) is 7.67. The second-order valence-corrected chi connectivity index (χ2v) is 10.5. The van der Waals surface area contributed by atoms with E-state index in [-0.39, 0.29) is 35.9 Å². The molecule has 0 unspecified atom stereocenters. The Morgan fingerprint density at radius 1 is 1.10 bits per heavy atom. The van der Waals surface area contributed by atoms with Gasteiger partial charge in [0.05, 0.1) is 4.90 Å². The Morgan fingerprint density at radius 3 is 2.41 bits per heavy atom. The molecule has 0 aromatic heterocycles. The van der Waals surface area contributed by atoms with Crippen molar-refractivity contribution >= 4 is 37.5 Å². The van der Waals surface area contributed by atoms with E-state index in [1.807, 2.05) is 24.0 Å². The van der Waals surface area contributed by atoms with Crippen molar-refractivity contribution in [1.29, 1.82) is 0 Å². The van der Waals surface area contributed by atoms with E-state index in [2.05, 4.69) is 22.0 Å². The molecule has 2 aliphatic heterocycles. The van der Waals surface area contributed by atoms with E-state index in [0.717, 1.165) is 34.3 Å². The number of rotatable bonds is 3. The van der Waals surface area contributed by atoms with Gasteiger partial charge in [0.2, 0.25) is 15.9 Å². The number of carbonyl (C=O) groups excluding carboxylic acids is 1. The lowest BCUT2D eigenvalue weighted by atomic mass is 9.96. The standard InChI is InChI=1S/C21H22BrFN2O3S/c1-14-12-16-13-17(22)2-7-20(16)25(14)21(26)15-8-10-24(11-9-15)29(27,28)19-5-3-18(23)4-6-19/h2-7,13-15H,8-12H2,1H3/t14-/m1/s1. The molecule has 2 aromatic carbocycles. The van der Waals surface area contributed by atoms with Crippen LogP contribution in [0.2, 0.25) is 0 Å². The number of nitrogens with zero attached hydrogens (tertiary/aromatic N) is 2. The van der Waals surface area contributed by atoms with Crippen molar-refractivity contribution in [2.24, 2.45) is 5.92 Å². The molecule has 2 aromatic rings. The summed E-state index contributed by atoms with van der Waals surface area (Å²) >= 11 is 3.48. The highest BCUT2D eigenvalue weighted by molar-refractivity contribution is 9.10. The van der Waals surface area contributed by atoms with E-state index in [1.165, 1.54) is 16.4 Å². The van der Waals surface area contributed by atoms with Crippen LogP contribution in [0.3, 0.4) is 0 Å². The van der Waals surface area contributed by atoms with Crippen LogP contribution in [0.15, 0.2) is 51.8 Å². The highest BCUT2D eigenvalue weighted by Gasteiger charge is 2.38. The summed E-state index contributed by atoms with van der Waals surface area (Å²) in [4.78, 5) is 15.2. The molecule has 8 heteroatoms. The van der Waals surface area contributed by atoms with E-state index in [0.29, 0.717) is 12.8 Å². The van der Waals surface area contributed by atoms with Gasteiger partial charge in [-0.3, -0.25) is 4.79 Å². The normalized spacial score (nSPS) is 20.7. The highest BCUT2D eigenvalue weighted by atomic mass is 79.9. The maximum atomic E-state index is 13.2. The molecule has 0 bridgehead atoms. The van der Waals surface area contributed by atoms with Gasteiger partial charge in [0.1, 0.15) is 5.82 Å². The summed E-state index contributed by atoms with van der Waals surface area (Å²) in [6.45, 7) is 2.61. The molecule has 0 spiro atoms. The number of sulfonamides is 1. The smallest absolute Gasteiger partial charge is 0.243 e. The van der Waals surface area contributed by atoms with Gasteiger partial charge in [-0.15, -0.1) is 0 Å². The minimum absolute atomic E-state index is 0.0670. The predicted molar refractivity (Wildman–Crippen MR) is 113 cm³/mol. The van der Waals surface area contributed by atoms with Crippen LogP contribution in [-0.2, 0) is 21.2 Å². The number of carbonyl (C=O) groups is 1. The Kier molecular flexibility index (Phi) is 5.52. The first-order valence-corrected chi connectivity index (χ1v) is 11.9. The molecule has 2 heterocycles. The van der Waals surface area contributed by atoms with Crippen LogP contribution in [0.25, 0.3) is 0 Å². The van der Waals surface area contributed by atoms with Gasteiger partial charge in [-0.05, 0) is 74.2 Å². The summed E-state index contributed by atoms with van der Waals surface area (Å²) in [7, 11) is -3.67. The van der Waals surface area contributed by atoms with E-state index in [1.54, 1.807) is 0 Å². The average molecular weight is 481 g/mol. The van der Waals surface area contributed by atoms with E-state index in [9.17, 15) is 17.6 Å². The Balaban J connectivity index is 1.46. The summed E-state index contributed by atoms with van der Waals surface area (Å²) in [6, 6.07) is 10.9. The fraction of sp³-hybridized carbons (Fsp3) is 0.381. The predicted octanol–water partition coefficient (Wildman–Crippen LogP) is 3.97. The molecule has 1 saturated heterocycles. The van der Waals surface area contributed by atoms with Crippen LogP contribution >= 0.6 is 15.9 Å². The van der Waals surface area contributed by atoms with Crippen molar-refractivity contribution in [2.45, 2.75) is 37.1 Å². The molecule has 0 saturated carbocycles. The second kappa shape index (κ2) is 7.81. The fourth-order valence-corrected chi connectivity index (χ4v) is 6.11. The summed E-state index contributed by atoms with van der Waals surface area (Å²) in [6.07, 6.45) is 1.78. The molecule has 29 heavy (non-hydrogen) atoms. The minimum atomic E-state index is -3.67. The number of benzene rings is 2. The monoisotopic (exact) mass is 480 g/mol. The lowest BCUT2D eigenvalue weighted by Gasteiger charge is -2.34. The van der Waals surface area contributed by atoms with E-state index in [4.69, 9.17) is 0 Å². The third kappa shape index (κ3) is 3.85. The van der Waals surface area contributed by atoms with Crippen LogP contribution in [0.1, 0.15) is 25.3 Å².